The lowest BCUT2D eigenvalue weighted by molar-refractivity contribution is 0.181. The monoisotopic (exact) mass is 233 g/mol. The molecular formula is C12H15N3O2. The Morgan fingerprint density at radius 2 is 2.18 bits per heavy atom. The van der Waals surface area contributed by atoms with E-state index >= 15 is 0 Å². The van der Waals surface area contributed by atoms with Gasteiger partial charge in [-0.15, -0.1) is 0 Å². The van der Waals surface area contributed by atoms with E-state index in [2.05, 4.69) is 10.2 Å². The van der Waals surface area contributed by atoms with Crippen molar-refractivity contribution in [3.05, 3.63) is 30.0 Å². The smallest absolute Gasteiger partial charge is 0.126 e. The zero-order valence-corrected chi connectivity index (χ0v) is 9.86. The maximum absolute atomic E-state index is 5.79. The number of benzene rings is 1. The van der Waals surface area contributed by atoms with Gasteiger partial charge in [-0.25, -0.2) is 0 Å². The van der Waals surface area contributed by atoms with E-state index in [9.17, 15) is 0 Å². The van der Waals surface area contributed by atoms with Crippen molar-refractivity contribution < 1.29 is 9.47 Å². The fourth-order valence-electron chi connectivity index (χ4n) is 1.74. The second-order valence-electron chi connectivity index (χ2n) is 3.66. The summed E-state index contributed by atoms with van der Waals surface area (Å²) in [6, 6.07) is 5.83. The Morgan fingerprint density at radius 3 is 2.76 bits per heavy atom. The third kappa shape index (κ3) is 2.24. The summed E-state index contributed by atoms with van der Waals surface area (Å²) in [6.45, 7) is 0.495. The van der Waals surface area contributed by atoms with E-state index in [0.29, 0.717) is 12.4 Å². The molecule has 0 aliphatic heterocycles. The quantitative estimate of drug-likeness (QED) is 0.844. The van der Waals surface area contributed by atoms with Gasteiger partial charge in [0.15, 0.2) is 0 Å². The topological polar surface area (TPSA) is 73.2 Å². The highest BCUT2D eigenvalue weighted by Gasteiger charge is 2.09. The summed E-state index contributed by atoms with van der Waals surface area (Å²) >= 11 is 0. The lowest BCUT2D eigenvalue weighted by Crippen LogP contribution is -1.95. The van der Waals surface area contributed by atoms with Gasteiger partial charge in [0.25, 0.3) is 0 Å². The largest absolute Gasteiger partial charge is 0.496 e. The van der Waals surface area contributed by atoms with Gasteiger partial charge in [-0.3, -0.25) is 5.10 Å². The minimum Gasteiger partial charge on any atom is -0.496 e. The van der Waals surface area contributed by atoms with E-state index in [1.165, 1.54) is 0 Å². The van der Waals surface area contributed by atoms with Crippen molar-refractivity contribution >= 4 is 5.82 Å². The van der Waals surface area contributed by atoms with E-state index in [0.717, 1.165) is 22.4 Å². The fraction of sp³-hybridized carbons (Fsp3) is 0.250. The van der Waals surface area contributed by atoms with E-state index in [1.807, 2.05) is 18.2 Å². The number of methoxy groups -OCH3 is 2. The van der Waals surface area contributed by atoms with Gasteiger partial charge in [-0.1, -0.05) is 6.07 Å². The Labute approximate surface area is 99.5 Å². The molecule has 3 N–H and O–H groups in total. The molecule has 0 saturated heterocycles. The molecule has 1 aromatic carbocycles. The van der Waals surface area contributed by atoms with Crippen LogP contribution < -0.4 is 10.5 Å². The van der Waals surface area contributed by atoms with E-state index in [-0.39, 0.29) is 0 Å². The van der Waals surface area contributed by atoms with Crippen LogP contribution in [0.1, 0.15) is 5.56 Å². The summed E-state index contributed by atoms with van der Waals surface area (Å²) in [5, 5.41) is 6.62. The molecule has 5 nitrogen and oxygen atoms in total. The summed E-state index contributed by atoms with van der Waals surface area (Å²) in [5.74, 6) is 1.36. The first-order chi connectivity index (χ1) is 8.26. The van der Waals surface area contributed by atoms with Crippen LogP contribution in [0.15, 0.2) is 24.4 Å². The predicted octanol–water partition coefficient (Wildman–Crippen LogP) is 1.81. The molecule has 2 rings (SSSR count). The minimum atomic E-state index is 0.495. The molecule has 0 aliphatic rings. The number of nitrogen functional groups attached to an aromatic ring is 1. The van der Waals surface area contributed by atoms with Crippen LogP contribution in [-0.4, -0.2) is 24.4 Å². The lowest BCUT2D eigenvalue weighted by atomic mass is 10.0. The predicted molar refractivity (Wildman–Crippen MR) is 65.7 cm³/mol. The van der Waals surface area contributed by atoms with Gasteiger partial charge in [0.05, 0.1) is 19.9 Å². The first kappa shape index (κ1) is 11.5. The van der Waals surface area contributed by atoms with Crippen molar-refractivity contribution in [3.8, 4) is 16.9 Å². The molecule has 0 spiro atoms. The van der Waals surface area contributed by atoms with Gasteiger partial charge < -0.3 is 15.2 Å². The molecule has 1 aromatic heterocycles. The molecule has 17 heavy (non-hydrogen) atoms. The molecule has 0 amide bonds. The zero-order chi connectivity index (χ0) is 12.3. The molecule has 0 aliphatic carbocycles. The molecule has 0 fully saturated rings. The van der Waals surface area contributed by atoms with E-state index < -0.39 is 0 Å². The van der Waals surface area contributed by atoms with Crippen molar-refractivity contribution in [1.82, 2.24) is 10.2 Å². The second kappa shape index (κ2) is 4.88. The number of hydrogen-bond acceptors (Lipinski definition) is 4. The Hall–Kier alpha value is -2.01. The van der Waals surface area contributed by atoms with Crippen LogP contribution in [0.25, 0.3) is 11.1 Å². The number of ether oxygens (including phenoxy) is 2. The number of hydrogen-bond donors (Lipinski definition) is 2. The van der Waals surface area contributed by atoms with Gasteiger partial charge in [0, 0.05) is 18.2 Å². The first-order valence-corrected chi connectivity index (χ1v) is 5.21. The summed E-state index contributed by atoms with van der Waals surface area (Å²) in [4.78, 5) is 0. The SMILES string of the molecule is COCc1cc(-c2cn[nH]c2N)ccc1OC. The van der Waals surface area contributed by atoms with Crippen molar-refractivity contribution in [2.45, 2.75) is 6.61 Å². The highest BCUT2D eigenvalue weighted by Crippen LogP contribution is 2.29. The maximum atomic E-state index is 5.79. The van der Waals surface area contributed by atoms with Crippen LogP contribution in [0.4, 0.5) is 5.82 Å². The van der Waals surface area contributed by atoms with Crippen LogP contribution in [0.3, 0.4) is 0 Å². The molecule has 0 atom stereocenters. The van der Waals surface area contributed by atoms with Crippen LogP contribution in [-0.2, 0) is 11.3 Å². The van der Waals surface area contributed by atoms with Gasteiger partial charge >= 0.3 is 0 Å². The molecule has 0 radical (unpaired) electrons. The van der Waals surface area contributed by atoms with E-state index in [4.69, 9.17) is 15.2 Å². The zero-order valence-electron chi connectivity index (χ0n) is 9.86. The summed E-state index contributed by atoms with van der Waals surface area (Å²) in [5.41, 5.74) is 8.64. The normalized spacial score (nSPS) is 10.5. The average Bonchev–Trinajstić information content (AvgIpc) is 2.76. The minimum absolute atomic E-state index is 0.495. The van der Waals surface area contributed by atoms with E-state index in [1.54, 1.807) is 20.4 Å². The molecule has 5 heteroatoms. The summed E-state index contributed by atoms with van der Waals surface area (Å²) in [6.07, 6.45) is 1.70. The number of nitrogens with two attached hydrogens (primary N) is 1. The highest BCUT2D eigenvalue weighted by atomic mass is 16.5. The summed E-state index contributed by atoms with van der Waals surface area (Å²) in [7, 11) is 3.29. The number of nitrogens with zero attached hydrogens (tertiary/aromatic N) is 1. The Balaban J connectivity index is 2.43. The van der Waals surface area contributed by atoms with Crippen LogP contribution in [0.5, 0.6) is 5.75 Å². The number of H-pyrrole nitrogens is 1. The number of nitrogens with one attached hydrogen (secondary N) is 1. The highest BCUT2D eigenvalue weighted by molar-refractivity contribution is 5.74. The molecule has 90 valence electrons. The Kier molecular flexibility index (Phi) is 3.30. The Morgan fingerprint density at radius 1 is 1.35 bits per heavy atom. The second-order valence-corrected chi connectivity index (χ2v) is 3.66. The van der Waals surface area contributed by atoms with Crippen LogP contribution in [0, 0.1) is 0 Å². The molecular weight excluding hydrogens is 218 g/mol. The van der Waals surface area contributed by atoms with Crippen LogP contribution >= 0.6 is 0 Å². The van der Waals surface area contributed by atoms with Gasteiger partial charge in [-0.05, 0) is 17.7 Å². The van der Waals surface area contributed by atoms with Crippen molar-refractivity contribution in [2.24, 2.45) is 0 Å². The standard InChI is InChI=1S/C12H15N3O2/c1-16-7-9-5-8(3-4-11(9)17-2)10-6-14-15-12(10)13/h3-6H,7H2,1-2H3,(H3,13,14,15). The molecule has 0 bridgehead atoms. The van der Waals surface area contributed by atoms with Gasteiger partial charge in [-0.2, -0.15) is 5.10 Å². The molecule has 0 saturated carbocycles. The Bertz CT molecular complexity index is 508. The molecule has 0 unspecified atom stereocenters. The molecule has 1 heterocycles. The third-order valence-corrected chi connectivity index (χ3v) is 2.56. The van der Waals surface area contributed by atoms with Gasteiger partial charge in [0.2, 0.25) is 0 Å². The maximum Gasteiger partial charge on any atom is 0.126 e. The van der Waals surface area contributed by atoms with Gasteiger partial charge in [0.1, 0.15) is 11.6 Å². The summed E-state index contributed by atoms with van der Waals surface area (Å²) < 4.78 is 10.4. The van der Waals surface area contributed by atoms with Crippen molar-refractivity contribution in [2.75, 3.05) is 20.0 Å². The number of anilines is 1. The number of aromatic amines is 1. The van der Waals surface area contributed by atoms with Crippen molar-refractivity contribution in [3.63, 3.8) is 0 Å². The third-order valence-electron chi connectivity index (χ3n) is 2.56. The number of aromatic nitrogens is 2. The van der Waals surface area contributed by atoms with Crippen molar-refractivity contribution in [1.29, 1.82) is 0 Å². The first-order valence-electron chi connectivity index (χ1n) is 5.21. The fourth-order valence-corrected chi connectivity index (χ4v) is 1.74. The lowest BCUT2D eigenvalue weighted by Gasteiger charge is -2.09. The van der Waals surface area contributed by atoms with Crippen LogP contribution in [0.2, 0.25) is 0 Å². The number of rotatable bonds is 4. The molecule has 2 aromatic rings. The average molecular weight is 233 g/mol.